The number of thiazole rings is 1. The van der Waals surface area contributed by atoms with Crippen molar-refractivity contribution >= 4 is 16.5 Å². The Bertz CT molecular complexity index is 244. The van der Waals surface area contributed by atoms with Crippen LogP contribution in [-0.4, -0.2) is 4.98 Å². The summed E-state index contributed by atoms with van der Waals surface area (Å²) in [5, 5.41) is 2.53. The molecule has 1 rings (SSSR count). The molecule has 68 valence electrons. The molecule has 4 heteroatoms. The predicted octanol–water partition coefficient (Wildman–Crippen LogP) is 1.77. The second-order valence-corrected chi connectivity index (χ2v) is 4.24. The van der Waals surface area contributed by atoms with Gasteiger partial charge in [0, 0.05) is 11.4 Å². The number of anilines is 1. The molecule has 1 heterocycles. The molecule has 0 fully saturated rings. The van der Waals surface area contributed by atoms with Crippen molar-refractivity contribution in [3.63, 3.8) is 0 Å². The molecule has 1 aromatic heterocycles. The Morgan fingerprint density at radius 2 is 2.25 bits per heavy atom. The quantitative estimate of drug-likeness (QED) is 0.754. The van der Waals surface area contributed by atoms with Crippen molar-refractivity contribution in [3.8, 4) is 0 Å². The van der Waals surface area contributed by atoms with E-state index in [4.69, 9.17) is 11.5 Å². The van der Waals surface area contributed by atoms with Crippen LogP contribution in [0.4, 0.5) is 5.13 Å². The standard InChI is InChI=1S/C8H15N3S/c1-5(2)3-6(9)7-4-12-8(10)11-7/h4-6H,3,9H2,1-2H3,(H2,10,11)/t6-/m0/s1. The highest BCUT2D eigenvalue weighted by molar-refractivity contribution is 7.13. The SMILES string of the molecule is CC(C)C[C@H](N)c1csc(N)n1. The predicted molar refractivity (Wildman–Crippen MR) is 52.9 cm³/mol. The maximum absolute atomic E-state index is 5.90. The van der Waals surface area contributed by atoms with E-state index in [0.717, 1.165) is 12.1 Å². The fraction of sp³-hybridized carbons (Fsp3) is 0.625. The topological polar surface area (TPSA) is 64.9 Å². The second kappa shape index (κ2) is 3.87. The number of aromatic nitrogens is 1. The fourth-order valence-corrected chi connectivity index (χ4v) is 1.73. The van der Waals surface area contributed by atoms with E-state index >= 15 is 0 Å². The number of hydrogen-bond donors (Lipinski definition) is 2. The third kappa shape index (κ3) is 2.46. The van der Waals surface area contributed by atoms with Gasteiger partial charge in [0.2, 0.25) is 0 Å². The number of hydrogen-bond acceptors (Lipinski definition) is 4. The van der Waals surface area contributed by atoms with Gasteiger partial charge in [-0.15, -0.1) is 11.3 Å². The maximum atomic E-state index is 5.90. The van der Waals surface area contributed by atoms with Gasteiger partial charge in [0.05, 0.1) is 5.69 Å². The van der Waals surface area contributed by atoms with Crippen LogP contribution in [0, 0.1) is 5.92 Å². The van der Waals surface area contributed by atoms with Crippen LogP contribution in [0.2, 0.25) is 0 Å². The highest BCUT2D eigenvalue weighted by Crippen LogP contribution is 2.21. The van der Waals surface area contributed by atoms with Crippen molar-refractivity contribution in [1.29, 1.82) is 0 Å². The summed E-state index contributed by atoms with van der Waals surface area (Å²) in [6, 6.07) is 0.0403. The van der Waals surface area contributed by atoms with Crippen molar-refractivity contribution in [2.45, 2.75) is 26.3 Å². The van der Waals surface area contributed by atoms with E-state index in [9.17, 15) is 0 Å². The summed E-state index contributed by atoms with van der Waals surface area (Å²) in [7, 11) is 0. The Hall–Kier alpha value is -0.610. The molecule has 1 atom stereocenters. The summed E-state index contributed by atoms with van der Waals surface area (Å²) in [5.74, 6) is 0.600. The lowest BCUT2D eigenvalue weighted by Gasteiger charge is -2.10. The van der Waals surface area contributed by atoms with E-state index in [1.165, 1.54) is 11.3 Å². The van der Waals surface area contributed by atoms with E-state index in [0.29, 0.717) is 11.0 Å². The van der Waals surface area contributed by atoms with Gasteiger partial charge in [-0.25, -0.2) is 4.98 Å². The first-order valence-corrected chi connectivity index (χ1v) is 4.94. The molecular weight excluding hydrogens is 170 g/mol. The summed E-state index contributed by atoms with van der Waals surface area (Å²) in [6.45, 7) is 4.30. The number of nitrogens with two attached hydrogens (primary N) is 2. The molecule has 4 N–H and O–H groups in total. The van der Waals surface area contributed by atoms with E-state index in [2.05, 4.69) is 18.8 Å². The smallest absolute Gasteiger partial charge is 0.180 e. The molecular formula is C8H15N3S. The normalized spacial score (nSPS) is 13.7. The van der Waals surface area contributed by atoms with Crippen LogP contribution in [0.3, 0.4) is 0 Å². The highest BCUT2D eigenvalue weighted by atomic mass is 32.1. The summed E-state index contributed by atoms with van der Waals surface area (Å²) in [4.78, 5) is 4.13. The zero-order valence-electron chi connectivity index (χ0n) is 7.45. The van der Waals surface area contributed by atoms with Gasteiger partial charge in [-0.05, 0) is 12.3 Å². The molecule has 0 aliphatic carbocycles. The first-order valence-electron chi connectivity index (χ1n) is 4.06. The van der Waals surface area contributed by atoms with Crippen LogP contribution in [0.15, 0.2) is 5.38 Å². The van der Waals surface area contributed by atoms with Crippen molar-refractivity contribution in [2.24, 2.45) is 11.7 Å². The molecule has 1 aromatic rings. The molecule has 0 aromatic carbocycles. The molecule has 0 saturated carbocycles. The number of rotatable bonds is 3. The van der Waals surface area contributed by atoms with Gasteiger partial charge in [-0.1, -0.05) is 13.8 Å². The van der Waals surface area contributed by atoms with E-state index in [1.807, 2.05) is 5.38 Å². The molecule has 0 aliphatic rings. The van der Waals surface area contributed by atoms with Crippen molar-refractivity contribution in [3.05, 3.63) is 11.1 Å². The maximum Gasteiger partial charge on any atom is 0.180 e. The van der Waals surface area contributed by atoms with Gasteiger partial charge >= 0.3 is 0 Å². The molecule has 0 bridgehead atoms. The first-order chi connectivity index (χ1) is 5.59. The summed E-state index contributed by atoms with van der Waals surface area (Å²) in [5.41, 5.74) is 12.3. The minimum absolute atomic E-state index is 0.0403. The first kappa shape index (κ1) is 9.48. The third-order valence-corrected chi connectivity index (χ3v) is 2.34. The van der Waals surface area contributed by atoms with Crippen molar-refractivity contribution < 1.29 is 0 Å². The number of nitrogen functional groups attached to an aromatic ring is 1. The molecule has 0 radical (unpaired) electrons. The lowest BCUT2D eigenvalue weighted by atomic mass is 10.0. The Kier molecular flexibility index (Phi) is 3.05. The molecule has 0 unspecified atom stereocenters. The minimum atomic E-state index is 0.0403. The van der Waals surface area contributed by atoms with Crippen LogP contribution in [-0.2, 0) is 0 Å². The van der Waals surface area contributed by atoms with Gasteiger partial charge in [-0.2, -0.15) is 0 Å². The van der Waals surface area contributed by atoms with Gasteiger partial charge in [0.15, 0.2) is 5.13 Å². The van der Waals surface area contributed by atoms with Gasteiger partial charge < -0.3 is 11.5 Å². The van der Waals surface area contributed by atoms with Crippen LogP contribution in [0.1, 0.15) is 32.0 Å². The molecule has 0 spiro atoms. The van der Waals surface area contributed by atoms with Gasteiger partial charge in [-0.3, -0.25) is 0 Å². The van der Waals surface area contributed by atoms with Crippen molar-refractivity contribution in [2.75, 3.05) is 5.73 Å². The second-order valence-electron chi connectivity index (χ2n) is 3.35. The highest BCUT2D eigenvalue weighted by Gasteiger charge is 2.10. The lowest BCUT2D eigenvalue weighted by Crippen LogP contribution is -2.13. The number of nitrogens with zero attached hydrogens (tertiary/aromatic N) is 1. The average molecular weight is 185 g/mol. The van der Waals surface area contributed by atoms with E-state index in [-0.39, 0.29) is 6.04 Å². The molecule has 3 nitrogen and oxygen atoms in total. The molecule has 0 aliphatic heterocycles. The van der Waals surface area contributed by atoms with Crippen LogP contribution in [0.5, 0.6) is 0 Å². The lowest BCUT2D eigenvalue weighted by molar-refractivity contribution is 0.504. The zero-order valence-corrected chi connectivity index (χ0v) is 8.27. The monoisotopic (exact) mass is 185 g/mol. The Morgan fingerprint density at radius 3 is 2.67 bits per heavy atom. The Morgan fingerprint density at radius 1 is 1.58 bits per heavy atom. The van der Waals surface area contributed by atoms with Crippen LogP contribution < -0.4 is 11.5 Å². The summed E-state index contributed by atoms with van der Waals surface area (Å²) in [6.07, 6.45) is 0.961. The average Bonchev–Trinajstić information content (AvgIpc) is 2.34. The van der Waals surface area contributed by atoms with Crippen LogP contribution in [0.25, 0.3) is 0 Å². The minimum Gasteiger partial charge on any atom is -0.375 e. The van der Waals surface area contributed by atoms with Crippen molar-refractivity contribution in [1.82, 2.24) is 4.98 Å². The summed E-state index contributed by atoms with van der Waals surface area (Å²) < 4.78 is 0. The largest absolute Gasteiger partial charge is 0.375 e. The molecule has 12 heavy (non-hydrogen) atoms. The fourth-order valence-electron chi connectivity index (χ4n) is 1.10. The molecule has 0 saturated heterocycles. The van der Waals surface area contributed by atoms with Gasteiger partial charge in [0.1, 0.15) is 0 Å². The van der Waals surface area contributed by atoms with E-state index in [1.54, 1.807) is 0 Å². The Labute approximate surface area is 76.8 Å². The zero-order chi connectivity index (χ0) is 9.14. The third-order valence-electron chi connectivity index (χ3n) is 1.64. The van der Waals surface area contributed by atoms with E-state index < -0.39 is 0 Å². The van der Waals surface area contributed by atoms with Crippen LogP contribution >= 0.6 is 11.3 Å². The molecule has 0 amide bonds. The van der Waals surface area contributed by atoms with Gasteiger partial charge in [0.25, 0.3) is 0 Å². The summed E-state index contributed by atoms with van der Waals surface area (Å²) >= 11 is 1.45. The Balaban J connectivity index is 2.58.